The van der Waals surface area contributed by atoms with E-state index in [1.807, 2.05) is 24.3 Å². The third kappa shape index (κ3) is 5.82. The molecular formula is C16H25IN4O. The molecule has 0 saturated carbocycles. The van der Waals surface area contributed by atoms with E-state index in [1.54, 1.807) is 0 Å². The van der Waals surface area contributed by atoms with Gasteiger partial charge in [-0.2, -0.15) is 0 Å². The number of hydrogen-bond acceptors (Lipinski definition) is 2. The Bertz CT molecular complexity index is 513. The number of nitrogens with one attached hydrogen (secondary N) is 1. The highest BCUT2D eigenvalue weighted by Gasteiger charge is 2.12. The molecule has 5 nitrogen and oxygen atoms in total. The van der Waals surface area contributed by atoms with Gasteiger partial charge in [-0.15, -0.1) is 24.0 Å². The number of nitrogens with zero attached hydrogens (tertiary/aromatic N) is 2. The third-order valence-electron chi connectivity index (χ3n) is 3.68. The van der Waals surface area contributed by atoms with Gasteiger partial charge >= 0.3 is 0 Å². The molecule has 122 valence electrons. The summed E-state index contributed by atoms with van der Waals surface area (Å²) >= 11 is 0. The van der Waals surface area contributed by atoms with Crippen molar-refractivity contribution in [3.63, 3.8) is 0 Å². The van der Waals surface area contributed by atoms with Crippen molar-refractivity contribution in [1.82, 2.24) is 4.90 Å². The van der Waals surface area contributed by atoms with Crippen LogP contribution >= 0.6 is 24.0 Å². The van der Waals surface area contributed by atoms with Crippen LogP contribution in [0.3, 0.4) is 0 Å². The first kappa shape index (κ1) is 18.7. The van der Waals surface area contributed by atoms with Crippen molar-refractivity contribution in [2.24, 2.45) is 10.7 Å². The second kappa shape index (κ2) is 9.66. The number of hydrogen-bond donors (Lipinski definition) is 2. The minimum atomic E-state index is -0.136. The first-order valence-corrected chi connectivity index (χ1v) is 7.62. The highest BCUT2D eigenvalue weighted by molar-refractivity contribution is 14.0. The van der Waals surface area contributed by atoms with Crippen molar-refractivity contribution in [3.05, 3.63) is 29.8 Å². The van der Waals surface area contributed by atoms with Gasteiger partial charge in [0.15, 0.2) is 5.96 Å². The van der Waals surface area contributed by atoms with Gasteiger partial charge in [-0.25, -0.2) is 4.99 Å². The summed E-state index contributed by atoms with van der Waals surface area (Å²) in [5.41, 5.74) is 7.94. The molecule has 0 atom stereocenters. The first-order valence-electron chi connectivity index (χ1n) is 7.62. The summed E-state index contributed by atoms with van der Waals surface area (Å²) in [5, 5.41) is 2.85. The van der Waals surface area contributed by atoms with E-state index >= 15 is 0 Å². The van der Waals surface area contributed by atoms with Crippen LogP contribution in [0.2, 0.25) is 0 Å². The maximum Gasteiger partial charge on any atom is 0.246 e. The second-order valence-electron chi connectivity index (χ2n) is 5.32. The van der Waals surface area contributed by atoms with E-state index in [1.165, 1.54) is 12.0 Å². The normalized spacial score (nSPS) is 15.1. The van der Waals surface area contributed by atoms with Gasteiger partial charge in [0.1, 0.15) is 6.54 Å². The van der Waals surface area contributed by atoms with Gasteiger partial charge in [-0.1, -0.05) is 19.1 Å². The van der Waals surface area contributed by atoms with Crippen molar-refractivity contribution in [1.29, 1.82) is 0 Å². The number of aryl methyl sites for hydroxylation is 1. The lowest BCUT2D eigenvalue weighted by atomic mass is 10.1. The van der Waals surface area contributed by atoms with Crippen molar-refractivity contribution in [2.75, 3.05) is 25.0 Å². The quantitative estimate of drug-likeness (QED) is 0.451. The van der Waals surface area contributed by atoms with E-state index in [0.29, 0.717) is 5.96 Å². The average molecular weight is 416 g/mol. The number of guanidine groups is 1. The molecular weight excluding hydrogens is 391 g/mol. The van der Waals surface area contributed by atoms with Crippen LogP contribution in [-0.2, 0) is 11.2 Å². The molecule has 0 aliphatic carbocycles. The Morgan fingerprint density at radius 2 is 2.05 bits per heavy atom. The summed E-state index contributed by atoms with van der Waals surface area (Å²) in [6.07, 6.45) is 4.49. The molecule has 1 amide bonds. The molecule has 3 N–H and O–H groups in total. The molecule has 0 radical (unpaired) electrons. The molecule has 1 aliphatic heterocycles. The summed E-state index contributed by atoms with van der Waals surface area (Å²) in [5.74, 6) is 0.343. The molecule has 0 bridgehead atoms. The standard InChI is InChI=1S/C16H24N4O.HI/c1-2-13-7-6-8-14(11-13)19-15(21)12-18-16(17)20-9-4-3-5-10-20;/h6-8,11H,2-5,9-10,12H2,1H3,(H2,17,18)(H,19,21);1H. The average Bonchev–Trinajstić information content (AvgIpc) is 2.53. The van der Waals surface area contributed by atoms with E-state index in [9.17, 15) is 4.79 Å². The van der Waals surface area contributed by atoms with E-state index in [0.717, 1.165) is 38.0 Å². The topological polar surface area (TPSA) is 70.7 Å². The molecule has 0 aromatic heterocycles. The highest BCUT2D eigenvalue weighted by atomic mass is 127. The number of carbonyl (C=O) groups excluding carboxylic acids is 1. The maximum atomic E-state index is 11.9. The predicted octanol–water partition coefficient (Wildman–Crippen LogP) is 2.61. The lowest BCUT2D eigenvalue weighted by Crippen LogP contribution is -2.41. The van der Waals surface area contributed by atoms with Gasteiger partial charge in [0, 0.05) is 18.8 Å². The molecule has 1 aromatic carbocycles. The number of halogens is 1. The minimum Gasteiger partial charge on any atom is -0.370 e. The molecule has 22 heavy (non-hydrogen) atoms. The van der Waals surface area contributed by atoms with Crippen LogP contribution < -0.4 is 11.1 Å². The Morgan fingerprint density at radius 3 is 2.73 bits per heavy atom. The zero-order chi connectivity index (χ0) is 15.1. The van der Waals surface area contributed by atoms with Crippen LogP contribution in [0.25, 0.3) is 0 Å². The number of carbonyl (C=O) groups is 1. The van der Waals surface area contributed by atoms with Crippen LogP contribution in [0.5, 0.6) is 0 Å². The number of aliphatic imine (C=N–C) groups is 1. The van der Waals surface area contributed by atoms with Crippen LogP contribution in [0.15, 0.2) is 29.3 Å². The Kier molecular flexibility index (Phi) is 8.22. The Labute approximate surface area is 149 Å². The van der Waals surface area contributed by atoms with Gasteiger partial charge < -0.3 is 16.0 Å². The van der Waals surface area contributed by atoms with Crippen LogP contribution in [0.4, 0.5) is 5.69 Å². The van der Waals surface area contributed by atoms with E-state index in [4.69, 9.17) is 5.73 Å². The number of nitrogens with two attached hydrogens (primary N) is 1. The smallest absolute Gasteiger partial charge is 0.246 e. The Morgan fingerprint density at radius 1 is 1.32 bits per heavy atom. The van der Waals surface area contributed by atoms with Gasteiger partial charge in [-0.05, 0) is 43.4 Å². The maximum absolute atomic E-state index is 11.9. The van der Waals surface area contributed by atoms with E-state index in [-0.39, 0.29) is 36.4 Å². The SMILES string of the molecule is CCc1cccc(NC(=O)CN=C(N)N2CCCCC2)c1.I. The first-order chi connectivity index (χ1) is 10.2. The molecule has 1 saturated heterocycles. The zero-order valence-corrected chi connectivity index (χ0v) is 15.4. The monoisotopic (exact) mass is 416 g/mol. The molecule has 1 heterocycles. The largest absolute Gasteiger partial charge is 0.370 e. The van der Waals surface area contributed by atoms with Crippen molar-refractivity contribution < 1.29 is 4.79 Å². The molecule has 1 aliphatic rings. The van der Waals surface area contributed by atoms with Crippen molar-refractivity contribution in [3.8, 4) is 0 Å². The summed E-state index contributed by atoms with van der Waals surface area (Å²) in [6, 6.07) is 7.85. The van der Waals surface area contributed by atoms with Crippen LogP contribution in [0, 0.1) is 0 Å². The predicted molar refractivity (Wildman–Crippen MR) is 102 cm³/mol. The van der Waals surface area contributed by atoms with Gasteiger partial charge in [0.2, 0.25) is 5.91 Å². The number of rotatable bonds is 4. The third-order valence-corrected chi connectivity index (χ3v) is 3.68. The van der Waals surface area contributed by atoms with Crippen molar-refractivity contribution in [2.45, 2.75) is 32.6 Å². The van der Waals surface area contributed by atoms with Crippen LogP contribution in [-0.4, -0.2) is 36.4 Å². The number of amides is 1. The summed E-state index contributed by atoms with van der Waals surface area (Å²) in [7, 11) is 0. The van der Waals surface area contributed by atoms with Crippen LogP contribution in [0.1, 0.15) is 31.7 Å². The van der Waals surface area contributed by atoms with Crippen molar-refractivity contribution >= 4 is 41.5 Å². The number of benzene rings is 1. The number of likely N-dealkylation sites (tertiary alicyclic amines) is 1. The Balaban J connectivity index is 0.00000242. The molecule has 1 aromatic rings. The summed E-state index contributed by atoms with van der Waals surface area (Å²) in [6.45, 7) is 4.04. The summed E-state index contributed by atoms with van der Waals surface area (Å²) in [4.78, 5) is 18.2. The lowest BCUT2D eigenvalue weighted by molar-refractivity contribution is -0.114. The van der Waals surface area contributed by atoms with Gasteiger partial charge in [0.25, 0.3) is 0 Å². The molecule has 6 heteroatoms. The highest BCUT2D eigenvalue weighted by Crippen LogP contribution is 2.11. The number of piperidine rings is 1. The lowest BCUT2D eigenvalue weighted by Gasteiger charge is -2.27. The van der Waals surface area contributed by atoms with E-state index < -0.39 is 0 Å². The van der Waals surface area contributed by atoms with Gasteiger partial charge in [-0.3, -0.25) is 4.79 Å². The van der Waals surface area contributed by atoms with E-state index in [2.05, 4.69) is 22.1 Å². The van der Waals surface area contributed by atoms with Gasteiger partial charge in [0.05, 0.1) is 0 Å². The number of anilines is 1. The minimum absolute atomic E-state index is 0. The summed E-state index contributed by atoms with van der Waals surface area (Å²) < 4.78 is 0. The fraction of sp³-hybridized carbons (Fsp3) is 0.500. The molecule has 0 unspecified atom stereocenters. The zero-order valence-electron chi connectivity index (χ0n) is 13.0. The molecule has 0 spiro atoms. The molecule has 2 rings (SSSR count). The second-order valence-corrected chi connectivity index (χ2v) is 5.32. The fourth-order valence-corrected chi connectivity index (χ4v) is 2.45. The molecule has 1 fully saturated rings. The fourth-order valence-electron chi connectivity index (χ4n) is 2.45. The Hall–Kier alpha value is -1.31.